The van der Waals surface area contributed by atoms with Gasteiger partial charge in [0.1, 0.15) is 11.5 Å². The standard InChI is InChI=1S/C38H21N3OS/c1-4-15-30-24(11-1)27-20-28-25-12-3-6-18-34(25)43-35(28)21-31(27)41(30)23-10-7-9-22(19-23)38-39-29-14-8-17-33-36(29)37(40-38)26-13-2-5-16-32(26)42-33/h1-21H. The normalized spacial score (nSPS) is 12.4. The Morgan fingerprint density at radius 3 is 2.35 bits per heavy atom. The zero-order valence-corrected chi connectivity index (χ0v) is 23.6. The van der Waals surface area contributed by atoms with Gasteiger partial charge in [0.2, 0.25) is 0 Å². The lowest BCUT2D eigenvalue weighted by molar-refractivity contribution is 0.486. The molecule has 0 fully saturated rings. The molecule has 200 valence electrons. The SMILES string of the molecule is c1cc(-c2nc3c4c(cccc4n2)Oc2ccccc2-3)cc(-n2c3ccccc3c3cc4c(cc32)sc2ccccc24)c1. The molecular weight excluding hydrogens is 547 g/mol. The molecule has 9 aromatic rings. The van der Waals surface area contributed by atoms with Crippen molar-refractivity contribution in [1.29, 1.82) is 0 Å². The molecule has 0 atom stereocenters. The summed E-state index contributed by atoms with van der Waals surface area (Å²) >= 11 is 1.85. The summed E-state index contributed by atoms with van der Waals surface area (Å²) in [7, 11) is 0. The number of benzene rings is 6. The van der Waals surface area contributed by atoms with E-state index in [1.807, 2.05) is 47.7 Å². The first-order valence-corrected chi connectivity index (χ1v) is 15.2. The first-order chi connectivity index (χ1) is 21.3. The van der Waals surface area contributed by atoms with E-state index < -0.39 is 0 Å². The summed E-state index contributed by atoms with van der Waals surface area (Å²) in [6, 6.07) is 44.8. The van der Waals surface area contributed by atoms with Gasteiger partial charge in [0.15, 0.2) is 5.82 Å². The molecular formula is C38H21N3OS. The highest BCUT2D eigenvalue weighted by atomic mass is 32.1. The molecule has 43 heavy (non-hydrogen) atoms. The van der Waals surface area contributed by atoms with Crippen LogP contribution in [0.5, 0.6) is 11.5 Å². The van der Waals surface area contributed by atoms with Crippen molar-refractivity contribution in [2.24, 2.45) is 0 Å². The van der Waals surface area contributed by atoms with Gasteiger partial charge in [0.25, 0.3) is 0 Å². The van der Waals surface area contributed by atoms with Gasteiger partial charge in [-0.05, 0) is 60.7 Å². The number of thiophene rings is 1. The number of hydrogen-bond donors (Lipinski definition) is 0. The van der Waals surface area contributed by atoms with Crippen LogP contribution >= 0.6 is 11.3 Å². The maximum Gasteiger partial charge on any atom is 0.160 e. The summed E-state index contributed by atoms with van der Waals surface area (Å²) in [5, 5.41) is 6.08. The lowest BCUT2D eigenvalue weighted by Crippen LogP contribution is -2.02. The van der Waals surface area contributed by atoms with Gasteiger partial charge < -0.3 is 9.30 Å². The third-order valence-corrected chi connectivity index (χ3v) is 9.71. The Labute approximate surface area is 250 Å². The van der Waals surface area contributed by atoms with Crippen LogP contribution in [0.15, 0.2) is 127 Å². The van der Waals surface area contributed by atoms with Gasteiger partial charge in [-0.1, -0.05) is 66.7 Å². The van der Waals surface area contributed by atoms with E-state index in [1.54, 1.807) is 0 Å². The summed E-state index contributed by atoms with van der Waals surface area (Å²) in [6.07, 6.45) is 0. The molecule has 0 radical (unpaired) electrons. The summed E-state index contributed by atoms with van der Waals surface area (Å²) < 4.78 is 11.2. The zero-order valence-electron chi connectivity index (χ0n) is 22.8. The van der Waals surface area contributed by atoms with E-state index >= 15 is 0 Å². The predicted octanol–water partition coefficient (Wildman–Crippen LogP) is 10.5. The van der Waals surface area contributed by atoms with Crippen LogP contribution in [0.2, 0.25) is 0 Å². The van der Waals surface area contributed by atoms with Crippen LogP contribution in [0.4, 0.5) is 0 Å². The molecule has 0 saturated carbocycles. The van der Waals surface area contributed by atoms with E-state index in [0.717, 1.165) is 44.9 Å². The van der Waals surface area contributed by atoms with E-state index in [1.165, 1.54) is 42.0 Å². The molecule has 4 nitrogen and oxygen atoms in total. The molecule has 0 saturated heterocycles. The smallest absolute Gasteiger partial charge is 0.160 e. The summed E-state index contributed by atoms with van der Waals surface area (Å²) in [6.45, 7) is 0. The van der Waals surface area contributed by atoms with Crippen molar-refractivity contribution in [3.63, 3.8) is 0 Å². The van der Waals surface area contributed by atoms with Gasteiger partial charge in [0.05, 0.1) is 27.6 Å². The lowest BCUT2D eigenvalue weighted by Gasteiger charge is -2.20. The fourth-order valence-corrected chi connectivity index (χ4v) is 7.80. The van der Waals surface area contributed by atoms with Crippen LogP contribution in [0.1, 0.15) is 0 Å². The van der Waals surface area contributed by atoms with Gasteiger partial charge in [0, 0.05) is 47.8 Å². The molecule has 1 aliphatic heterocycles. The first kappa shape index (κ1) is 23.1. The highest BCUT2D eigenvalue weighted by Gasteiger charge is 2.23. The zero-order chi connectivity index (χ0) is 28.1. The number of nitrogens with zero attached hydrogens (tertiary/aromatic N) is 3. The van der Waals surface area contributed by atoms with Crippen molar-refractivity contribution < 1.29 is 4.74 Å². The first-order valence-electron chi connectivity index (χ1n) is 14.3. The van der Waals surface area contributed by atoms with Gasteiger partial charge in [-0.3, -0.25) is 0 Å². The van der Waals surface area contributed by atoms with Gasteiger partial charge >= 0.3 is 0 Å². The van der Waals surface area contributed by atoms with Crippen LogP contribution < -0.4 is 4.74 Å². The van der Waals surface area contributed by atoms with E-state index in [9.17, 15) is 0 Å². The Morgan fingerprint density at radius 2 is 1.37 bits per heavy atom. The maximum atomic E-state index is 6.21. The van der Waals surface area contributed by atoms with E-state index in [-0.39, 0.29) is 0 Å². The highest BCUT2D eigenvalue weighted by molar-refractivity contribution is 7.25. The molecule has 0 unspecified atom stereocenters. The Kier molecular flexibility index (Phi) is 4.57. The van der Waals surface area contributed by atoms with Crippen molar-refractivity contribution in [3.05, 3.63) is 127 Å². The number of aromatic nitrogens is 3. The summed E-state index contributed by atoms with van der Waals surface area (Å²) in [4.78, 5) is 10.2. The van der Waals surface area contributed by atoms with Crippen molar-refractivity contribution in [3.8, 4) is 39.8 Å². The van der Waals surface area contributed by atoms with Crippen LogP contribution in [-0.4, -0.2) is 14.5 Å². The van der Waals surface area contributed by atoms with Gasteiger partial charge in [-0.15, -0.1) is 11.3 Å². The second-order valence-corrected chi connectivity index (χ2v) is 12.1. The van der Waals surface area contributed by atoms with Crippen LogP contribution in [0, 0.1) is 0 Å². The maximum absolute atomic E-state index is 6.21. The number of hydrogen-bond acceptors (Lipinski definition) is 4. The molecule has 4 heterocycles. The molecule has 0 N–H and O–H groups in total. The van der Waals surface area contributed by atoms with Gasteiger partial charge in [-0.25, -0.2) is 9.97 Å². The topological polar surface area (TPSA) is 39.9 Å². The van der Waals surface area contributed by atoms with Crippen molar-refractivity contribution in [2.75, 3.05) is 0 Å². The number of fused-ring (bicyclic) bond motifs is 8. The highest BCUT2D eigenvalue weighted by Crippen LogP contribution is 2.46. The molecule has 0 aliphatic carbocycles. The van der Waals surface area contributed by atoms with E-state index in [2.05, 4.69) is 95.6 Å². The molecule has 0 bridgehead atoms. The minimum absolute atomic E-state index is 0.700. The van der Waals surface area contributed by atoms with Crippen molar-refractivity contribution in [2.45, 2.75) is 0 Å². The second-order valence-electron chi connectivity index (χ2n) is 11.0. The Hall–Kier alpha value is -5.52. The third-order valence-electron chi connectivity index (χ3n) is 8.58. The average molecular weight is 568 g/mol. The molecule has 0 spiro atoms. The van der Waals surface area contributed by atoms with E-state index in [4.69, 9.17) is 14.7 Å². The van der Waals surface area contributed by atoms with Crippen molar-refractivity contribution in [1.82, 2.24) is 14.5 Å². The summed E-state index contributed by atoms with van der Waals surface area (Å²) in [5.41, 5.74) is 7.21. The molecule has 1 aliphatic rings. The molecule has 0 amide bonds. The van der Waals surface area contributed by atoms with Crippen LogP contribution in [0.3, 0.4) is 0 Å². The lowest BCUT2D eigenvalue weighted by atomic mass is 10.0. The minimum atomic E-state index is 0.700. The Morgan fingerprint density at radius 1 is 0.558 bits per heavy atom. The molecule has 5 heteroatoms. The Bertz CT molecular complexity index is 2610. The van der Waals surface area contributed by atoms with Crippen LogP contribution in [0.25, 0.3) is 81.2 Å². The van der Waals surface area contributed by atoms with Gasteiger partial charge in [-0.2, -0.15) is 0 Å². The average Bonchev–Trinajstić information content (AvgIpc) is 3.58. The third kappa shape index (κ3) is 3.25. The number of ether oxygens (including phenoxy) is 1. The minimum Gasteiger partial charge on any atom is -0.456 e. The fraction of sp³-hybridized carbons (Fsp3) is 0. The molecule has 10 rings (SSSR count). The monoisotopic (exact) mass is 567 g/mol. The summed E-state index contributed by atoms with van der Waals surface area (Å²) in [5.74, 6) is 2.31. The largest absolute Gasteiger partial charge is 0.456 e. The van der Waals surface area contributed by atoms with Crippen molar-refractivity contribution >= 4 is 64.2 Å². The quantitative estimate of drug-likeness (QED) is 0.209. The second kappa shape index (κ2) is 8.51. The molecule has 3 aromatic heterocycles. The number of para-hydroxylation sites is 2. The fourth-order valence-electron chi connectivity index (χ4n) is 6.68. The number of rotatable bonds is 2. The Balaban J connectivity index is 1.22. The predicted molar refractivity (Wildman–Crippen MR) is 178 cm³/mol. The van der Waals surface area contributed by atoms with E-state index in [0.29, 0.717) is 5.82 Å². The van der Waals surface area contributed by atoms with Crippen LogP contribution in [-0.2, 0) is 0 Å². The molecule has 6 aromatic carbocycles.